The minimum absolute atomic E-state index is 0.321. The fourth-order valence-corrected chi connectivity index (χ4v) is 1.03. The first-order valence-electron chi connectivity index (χ1n) is 3.96. The van der Waals surface area contributed by atoms with E-state index in [0.29, 0.717) is 6.07 Å². The molecule has 0 saturated heterocycles. The van der Waals surface area contributed by atoms with Gasteiger partial charge in [0.05, 0.1) is 6.61 Å². The Morgan fingerprint density at radius 2 is 1.88 bits per heavy atom. The van der Waals surface area contributed by atoms with E-state index in [0.717, 1.165) is 0 Å². The predicted octanol–water partition coefficient (Wildman–Crippen LogP) is 2.24. The van der Waals surface area contributed by atoms with Gasteiger partial charge in [-0.25, -0.2) is 13.8 Å². The molecule has 0 aromatic carbocycles. The molecule has 0 atom stereocenters. The van der Waals surface area contributed by atoms with Crippen molar-refractivity contribution in [2.75, 3.05) is 0 Å². The monoisotopic (exact) mass is 243 g/mol. The van der Waals surface area contributed by atoms with Crippen molar-refractivity contribution < 1.29 is 32.2 Å². The zero-order valence-electron chi connectivity index (χ0n) is 7.59. The highest BCUT2D eigenvalue weighted by Crippen LogP contribution is 2.35. The molecule has 1 heterocycles. The molecule has 0 radical (unpaired) electrons. The Bertz CT molecular complexity index is 391. The van der Waals surface area contributed by atoms with Gasteiger partial charge in [-0.3, -0.25) is 0 Å². The Morgan fingerprint density at radius 3 is 2.25 bits per heavy atom. The molecule has 90 valence electrons. The molecule has 1 rings (SSSR count). The van der Waals surface area contributed by atoms with E-state index >= 15 is 0 Å². The number of hydrogen-bond acceptors (Lipinski definition) is 3. The summed E-state index contributed by atoms with van der Waals surface area (Å²) in [5, 5.41) is 17.7. The summed E-state index contributed by atoms with van der Waals surface area (Å²) in [6, 6.07) is 0.321. The maximum atomic E-state index is 12.2. The van der Waals surface area contributed by atoms with Crippen LogP contribution in [0.3, 0.4) is 0 Å². The van der Waals surface area contributed by atoms with E-state index in [1.54, 1.807) is 0 Å². The minimum Gasteiger partial charge on any atom is -0.505 e. The highest BCUT2D eigenvalue weighted by Gasteiger charge is 2.35. The normalized spacial score (nSPS) is 12.2. The molecule has 3 nitrogen and oxygen atoms in total. The van der Waals surface area contributed by atoms with E-state index in [1.165, 1.54) is 0 Å². The van der Waals surface area contributed by atoms with Crippen molar-refractivity contribution in [3.63, 3.8) is 0 Å². The van der Waals surface area contributed by atoms with Crippen LogP contribution in [-0.2, 0) is 12.8 Å². The van der Waals surface area contributed by atoms with Crippen LogP contribution in [0.2, 0.25) is 0 Å². The van der Waals surface area contributed by atoms with Gasteiger partial charge in [-0.05, 0) is 6.07 Å². The van der Waals surface area contributed by atoms with Crippen LogP contribution in [0.25, 0.3) is 0 Å². The van der Waals surface area contributed by atoms with Crippen molar-refractivity contribution in [3.8, 4) is 5.75 Å². The second kappa shape index (κ2) is 4.20. The number of aromatic hydroxyl groups is 1. The topological polar surface area (TPSA) is 53.4 Å². The van der Waals surface area contributed by atoms with Crippen LogP contribution in [0.15, 0.2) is 6.07 Å². The summed E-state index contributed by atoms with van der Waals surface area (Å²) >= 11 is 0. The first-order chi connectivity index (χ1) is 7.27. The van der Waals surface area contributed by atoms with Gasteiger partial charge in [-0.1, -0.05) is 0 Å². The third kappa shape index (κ3) is 2.38. The molecule has 0 spiro atoms. The Hall–Kier alpha value is -1.44. The van der Waals surface area contributed by atoms with E-state index in [1.807, 2.05) is 0 Å². The zero-order valence-corrected chi connectivity index (χ0v) is 7.59. The molecule has 0 amide bonds. The van der Waals surface area contributed by atoms with Gasteiger partial charge in [-0.2, -0.15) is 13.2 Å². The highest BCUT2D eigenvalue weighted by atomic mass is 19.4. The van der Waals surface area contributed by atoms with E-state index in [2.05, 4.69) is 4.98 Å². The number of halogens is 5. The summed E-state index contributed by atoms with van der Waals surface area (Å²) in [7, 11) is 0. The van der Waals surface area contributed by atoms with Gasteiger partial charge in [0.2, 0.25) is 0 Å². The number of hydrogen-bond donors (Lipinski definition) is 2. The van der Waals surface area contributed by atoms with Crippen LogP contribution in [-0.4, -0.2) is 15.2 Å². The van der Waals surface area contributed by atoms with Gasteiger partial charge in [0.15, 0.2) is 0 Å². The lowest BCUT2D eigenvalue weighted by atomic mass is 10.1. The van der Waals surface area contributed by atoms with Gasteiger partial charge in [0.1, 0.15) is 17.1 Å². The Morgan fingerprint density at radius 1 is 1.31 bits per heavy atom. The Kier molecular flexibility index (Phi) is 3.32. The lowest BCUT2D eigenvalue weighted by Gasteiger charge is -2.12. The number of aromatic nitrogens is 1. The fraction of sp³-hybridized carbons (Fsp3) is 0.375. The smallest absolute Gasteiger partial charge is 0.433 e. The number of nitrogens with zero attached hydrogens (tertiary/aromatic N) is 1. The fourth-order valence-electron chi connectivity index (χ4n) is 1.03. The molecule has 8 heteroatoms. The summed E-state index contributed by atoms with van der Waals surface area (Å²) in [5.74, 6) is -1.12. The van der Waals surface area contributed by atoms with Crippen LogP contribution in [0.5, 0.6) is 5.75 Å². The molecule has 0 aliphatic rings. The van der Waals surface area contributed by atoms with Gasteiger partial charge in [0, 0.05) is 5.56 Å². The second-order valence-corrected chi connectivity index (χ2v) is 2.86. The highest BCUT2D eigenvalue weighted by molar-refractivity contribution is 5.38. The Balaban J connectivity index is 3.40. The summed E-state index contributed by atoms with van der Waals surface area (Å²) < 4.78 is 61.1. The number of aliphatic hydroxyl groups is 1. The van der Waals surface area contributed by atoms with Crippen LogP contribution < -0.4 is 0 Å². The SMILES string of the molecule is OCc1cc(C(F)(F)F)nc(C(F)F)c1O. The minimum atomic E-state index is -4.92. The molecule has 16 heavy (non-hydrogen) atoms. The summed E-state index contributed by atoms with van der Waals surface area (Å²) in [6.45, 7) is -0.989. The van der Waals surface area contributed by atoms with Crippen molar-refractivity contribution in [2.45, 2.75) is 19.2 Å². The molecule has 0 fully saturated rings. The maximum Gasteiger partial charge on any atom is 0.433 e. The van der Waals surface area contributed by atoms with Crippen molar-refractivity contribution in [1.29, 1.82) is 0 Å². The van der Waals surface area contributed by atoms with Crippen LogP contribution in [0, 0.1) is 0 Å². The maximum absolute atomic E-state index is 12.2. The van der Waals surface area contributed by atoms with E-state index < -0.39 is 41.9 Å². The quantitative estimate of drug-likeness (QED) is 0.783. The molecular weight excluding hydrogens is 237 g/mol. The first kappa shape index (κ1) is 12.6. The molecule has 2 N–H and O–H groups in total. The number of rotatable bonds is 2. The molecule has 0 unspecified atom stereocenters. The summed E-state index contributed by atoms with van der Waals surface area (Å²) in [6.07, 6.45) is -8.27. The summed E-state index contributed by atoms with van der Waals surface area (Å²) in [5.41, 5.74) is -3.61. The zero-order chi connectivity index (χ0) is 12.5. The van der Waals surface area contributed by atoms with E-state index in [-0.39, 0.29) is 0 Å². The average Bonchev–Trinajstić information content (AvgIpc) is 2.15. The average molecular weight is 243 g/mol. The standard InChI is InChI=1S/C8H6F5NO2/c9-7(10)5-6(16)3(2-15)1-4(14-5)8(11,12)13/h1,7,15-16H,2H2. The van der Waals surface area contributed by atoms with Gasteiger partial charge in [0.25, 0.3) is 6.43 Å². The third-order valence-electron chi connectivity index (χ3n) is 1.77. The van der Waals surface area contributed by atoms with Crippen molar-refractivity contribution in [1.82, 2.24) is 4.98 Å². The summed E-state index contributed by atoms with van der Waals surface area (Å²) in [4.78, 5) is 2.62. The van der Waals surface area contributed by atoms with E-state index in [4.69, 9.17) is 10.2 Å². The second-order valence-electron chi connectivity index (χ2n) is 2.86. The largest absolute Gasteiger partial charge is 0.505 e. The van der Waals surface area contributed by atoms with E-state index in [9.17, 15) is 22.0 Å². The molecule has 0 aliphatic carbocycles. The van der Waals surface area contributed by atoms with Crippen molar-refractivity contribution >= 4 is 0 Å². The van der Waals surface area contributed by atoms with Crippen LogP contribution in [0.4, 0.5) is 22.0 Å². The van der Waals surface area contributed by atoms with Crippen LogP contribution in [0.1, 0.15) is 23.4 Å². The number of alkyl halides is 5. The lowest BCUT2D eigenvalue weighted by Crippen LogP contribution is -2.11. The first-order valence-corrected chi connectivity index (χ1v) is 3.96. The van der Waals surface area contributed by atoms with Crippen LogP contribution >= 0.6 is 0 Å². The van der Waals surface area contributed by atoms with Gasteiger partial charge in [-0.15, -0.1) is 0 Å². The lowest BCUT2D eigenvalue weighted by molar-refractivity contribution is -0.141. The molecule has 0 aliphatic heterocycles. The molecule has 1 aromatic rings. The van der Waals surface area contributed by atoms with Crippen molar-refractivity contribution in [2.24, 2.45) is 0 Å². The number of pyridine rings is 1. The number of aliphatic hydroxyl groups excluding tert-OH is 1. The molecule has 0 bridgehead atoms. The van der Waals surface area contributed by atoms with Gasteiger partial charge < -0.3 is 10.2 Å². The molecular formula is C8H6F5NO2. The van der Waals surface area contributed by atoms with Gasteiger partial charge >= 0.3 is 6.18 Å². The molecule has 0 saturated carbocycles. The Labute approximate surface area is 86.2 Å². The predicted molar refractivity (Wildman–Crippen MR) is 41.8 cm³/mol. The molecule has 1 aromatic heterocycles. The van der Waals surface area contributed by atoms with Crippen molar-refractivity contribution in [3.05, 3.63) is 23.0 Å². The third-order valence-corrected chi connectivity index (χ3v) is 1.77.